The highest BCUT2D eigenvalue weighted by atomic mass is 79.9. The molecule has 0 saturated heterocycles. The van der Waals surface area contributed by atoms with Crippen LogP contribution in [0.3, 0.4) is 0 Å². The van der Waals surface area contributed by atoms with Crippen LogP contribution in [-0.4, -0.2) is 13.1 Å². The van der Waals surface area contributed by atoms with Gasteiger partial charge < -0.3 is 4.74 Å². The summed E-state index contributed by atoms with van der Waals surface area (Å²) in [4.78, 5) is 10.8. The van der Waals surface area contributed by atoms with Gasteiger partial charge in [-0.15, -0.1) is 0 Å². The van der Waals surface area contributed by atoms with Crippen LogP contribution in [-0.2, 0) is 9.53 Å². The zero-order chi connectivity index (χ0) is 10.6. The standard InChI is InChI=1S/C10H8BrClO2/c1-14-10(13)5-3-7-2-4-8(11)9(12)6-7/h2-6H,1H3/b5-3+. The molecule has 0 atom stereocenters. The molecule has 0 unspecified atom stereocenters. The van der Waals surface area contributed by atoms with E-state index in [1.54, 1.807) is 12.1 Å². The lowest BCUT2D eigenvalue weighted by atomic mass is 10.2. The molecule has 0 N–H and O–H groups in total. The summed E-state index contributed by atoms with van der Waals surface area (Å²) < 4.78 is 5.29. The van der Waals surface area contributed by atoms with Crippen LogP contribution in [0.15, 0.2) is 28.7 Å². The number of methoxy groups -OCH3 is 1. The fraction of sp³-hybridized carbons (Fsp3) is 0.100. The van der Waals surface area contributed by atoms with Crippen molar-refractivity contribution in [3.05, 3.63) is 39.3 Å². The minimum atomic E-state index is -0.385. The SMILES string of the molecule is COC(=O)/C=C/c1ccc(Br)c(Cl)c1. The molecule has 1 aromatic carbocycles. The largest absolute Gasteiger partial charge is 0.466 e. The van der Waals surface area contributed by atoms with E-state index in [0.29, 0.717) is 5.02 Å². The van der Waals surface area contributed by atoms with E-state index in [1.165, 1.54) is 13.2 Å². The van der Waals surface area contributed by atoms with Gasteiger partial charge in [0.15, 0.2) is 0 Å². The molecule has 14 heavy (non-hydrogen) atoms. The number of carbonyl (C=O) groups excluding carboxylic acids is 1. The molecule has 1 rings (SSSR count). The molecule has 0 spiro atoms. The van der Waals surface area contributed by atoms with Crippen molar-refractivity contribution in [1.29, 1.82) is 0 Å². The van der Waals surface area contributed by atoms with Crippen LogP contribution in [0.1, 0.15) is 5.56 Å². The van der Waals surface area contributed by atoms with Gasteiger partial charge in [0.05, 0.1) is 12.1 Å². The van der Waals surface area contributed by atoms with Crippen LogP contribution >= 0.6 is 27.5 Å². The molecule has 0 amide bonds. The molecule has 1 aromatic rings. The van der Waals surface area contributed by atoms with Crippen LogP contribution in [0.5, 0.6) is 0 Å². The highest BCUT2D eigenvalue weighted by molar-refractivity contribution is 9.10. The molecule has 0 radical (unpaired) electrons. The average Bonchev–Trinajstić information content (AvgIpc) is 2.19. The molecule has 0 bridgehead atoms. The lowest BCUT2D eigenvalue weighted by Gasteiger charge is -1.97. The van der Waals surface area contributed by atoms with Gasteiger partial charge in [-0.3, -0.25) is 0 Å². The molecule has 0 fully saturated rings. The van der Waals surface area contributed by atoms with Crippen molar-refractivity contribution in [2.24, 2.45) is 0 Å². The first-order valence-corrected chi connectivity index (χ1v) is 5.01. The maximum Gasteiger partial charge on any atom is 0.330 e. The Kier molecular flexibility index (Phi) is 4.17. The van der Waals surface area contributed by atoms with Gasteiger partial charge in [0.1, 0.15) is 0 Å². The van der Waals surface area contributed by atoms with Crippen molar-refractivity contribution >= 4 is 39.6 Å². The van der Waals surface area contributed by atoms with Crippen molar-refractivity contribution in [3.63, 3.8) is 0 Å². The summed E-state index contributed by atoms with van der Waals surface area (Å²) in [5.74, 6) is -0.385. The average molecular weight is 276 g/mol. The number of ether oxygens (including phenoxy) is 1. The van der Waals surface area contributed by atoms with Crippen molar-refractivity contribution in [3.8, 4) is 0 Å². The molecule has 74 valence electrons. The monoisotopic (exact) mass is 274 g/mol. The van der Waals surface area contributed by atoms with Gasteiger partial charge >= 0.3 is 5.97 Å². The number of hydrogen-bond acceptors (Lipinski definition) is 2. The zero-order valence-corrected chi connectivity index (χ0v) is 9.80. The third kappa shape index (κ3) is 3.16. The van der Waals surface area contributed by atoms with E-state index in [4.69, 9.17) is 11.6 Å². The van der Waals surface area contributed by atoms with E-state index in [-0.39, 0.29) is 5.97 Å². The Morgan fingerprint density at radius 1 is 1.57 bits per heavy atom. The van der Waals surface area contributed by atoms with Crippen LogP contribution in [0.25, 0.3) is 6.08 Å². The van der Waals surface area contributed by atoms with Gasteiger partial charge in [0.2, 0.25) is 0 Å². The Bertz CT molecular complexity index is 374. The first-order chi connectivity index (χ1) is 6.63. The predicted octanol–water partition coefficient (Wildman–Crippen LogP) is 3.29. The maximum atomic E-state index is 10.8. The molecule has 0 aromatic heterocycles. The first kappa shape index (κ1) is 11.3. The normalized spacial score (nSPS) is 10.5. The van der Waals surface area contributed by atoms with Crippen LogP contribution in [0, 0.1) is 0 Å². The molecule has 0 saturated carbocycles. The smallest absolute Gasteiger partial charge is 0.330 e. The van der Waals surface area contributed by atoms with Gasteiger partial charge in [-0.1, -0.05) is 17.7 Å². The number of benzene rings is 1. The minimum Gasteiger partial charge on any atom is -0.466 e. The summed E-state index contributed by atoms with van der Waals surface area (Å²) in [6, 6.07) is 5.42. The Balaban J connectivity index is 2.83. The lowest BCUT2D eigenvalue weighted by Crippen LogP contribution is -1.93. The van der Waals surface area contributed by atoms with Gasteiger partial charge in [-0.05, 0) is 39.7 Å². The van der Waals surface area contributed by atoms with E-state index >= 15 is 0 Å². The minimum absolute atomic E-state index is 0.385. The van der Waals surface area contributed by atoms with Crippen molar-refractivity contribution in [1.82, 2.24) is 0 Å². The fourth-order valence-corrected chi connectivity index (χ4v) is 1.28. The Morgan fingerprint density at radius 3 is 2.86 bits per heavy atom. The number of carbonyl (C=O) groups is 1. The van der Waals surface area contributed by atoms with Crippen molar-refractivity contribution in [2.45, 2.75) is 0 Å². The molecule has 0 aliphatic carbocycles. The molecular weight excluding hydrogens is 267 g/mol. The summed E-state index contributed by atoms with van der Waals surface area (Å²) in [6.45, 7) is 0. The topological polar surface area (TPSA) is 26.3 Å². The number of hydrogen-bond donors (Lipinski definition) is 0. The number of rotatable bonds is 2. The number of esters is 1. The Morgan fingerprint density at radius 2 is 2.29 bits per heavy atom. The second-order valence-corrected chi connectivity index (χ2v) is 3.79. The van der Waals surface area contributed by atoms with E-state index < -0.39 is 0 Å². The Hall–Kier alpha value is -0.800. The highest BCUT2D eigenvalue weighted by Crippen LogP contribution is 2.23. The fourth-order valence-electron chi connectivity index (χ4n) is 0.848. The number of halogens is 2. The molecule has 4 heteroatoms. The second-order valence-electron chi connectivity index (χ2n) is 2.53. The third-order valence-electron chi connectivity index (χ3n) is 1.56. The first-order valence-electron chi connectivity index (χ1n) is 3.84. The molecular formula is C10H8BrClO2. The van der Waals surface area contributed by atoms with E-state index in [0.717, 1.165) is 10.0 Å². The van der Waals surface area contributed by atoms with Crippen LogP contribution < -0.4 is 0 Å². The lowest BCUT2D eigenvalue weighted by molar-refractivity contribution is -0.134. The van der Waals surface area contributed by atoms with Gasteiger partial charge in [0.25, 0.3) is 0 Å². The predicted molar refractivity (Wildman–Crippen MR) is 60.2 cm³/mol. The summed E-state index contributed by atoms with van der Waals surface area (Å²) in [6.07, 6.45) is 2.99. The van der Waals surface area contributed by atoms with Gasteiger partial charge in [-0.2, -0.15) is 0 Å². The summed E-state index contributed by atoms with van der Waals surface area (Å²) in [5.41, 5.74) is 0.851. The van der Waals surface area contributed by atoms with Crippen LogP contribution in [0.4, 0.5) is 0 Å². The molecule has 0 aliphatic rings. The summed E-state index contributed by atoms with van der Waals surface area (Å²) >= 11 is 9.14. The quantitative estimate of drug-likeness (QED) is 0.611. The van der Waals surface area contributed by atoms with Crippen molar-refractivity contribution in [2.75, 3.05) is 7.11 Å². The Labute approximate surface area is 95.6 Å². The molecule has 2 nitrogen and oxygen atoms in total. The second kappa shape index (κ2) is 5.17. The van der Waals surface area contributed by atoms with E-state index in [1.807, 2.05) is 12.1 Å². The zero-order valence-electron chi connectivity index (χ0n) is 7.46. The highest BCUT2D eigenvalue weighted by Gasteiger charge is 1.97. The van der Waals surface area contributed by atoms with Gasteiger partial charge in [0, 0.05) is 10.5 Å². The van der Waals surface area contributed by atoms with Crippen LogP contribution in [0.2, 0.25) is 5.02 Å². The molecule has 0 aliphatic heterocycles. The third-order valence-corrected chi connectivity index (χ3v) is 2.79. The van der Waals surface area contributed by atoms with Gasteiger partial charge in [-0.25, -0.2) is 4.79 Å². The van der Waals surface area contributed by atoms with Crippen molar-refractivity contribution < 1.29 is 9.53 Å². The maximum absolute atomic E-state index is 10.8. The van der Waals surface area contributed by atoms with E-state index in [2.05, 4.69) is 20.7 Å². The van der Waals surface area contributed by atoms with E-state index in [9.17, 15) is 4.79 Å². The molecule has 0 heterocycles. The summed E-state index contributed by atoms with van der Waals surface area (Å²) in [5, 5.41) is 0.608. The summed E-state index contributed by atoms with van der Waals surface area (Å²) in [7, 11) is 1.33.